The number of piperidine rings is 1. The van der Waals surface area contributed by atoms with E-state index in [1.807, 2.05) is 0 Å². The van der Waals surface area contributed by atoms with Crippen LogP contribution in [0.25, 0.3) is 0 Å². The maximum atomic E-state index is 3.98. The van der Waals surface area contributed by atoms with Crippen LogP contribution >= 0.6 is 0 Å². The maximum absolute atomic E-state index is 3.98. The molecule has 2 nitrogen and oxygen atoms in total. The third-order valence-corrected chi connectivity index (χ3v) is 2.67. The van der Waals surface area contributed by atoms with E-state index >= 15 is 0 Å². The monoisotopic (exact) mass is 182 g/mol. The van der Waals surface area contributed by atoms with Crippen molar-refractivity contribution in [1.29, 1.82) is 0 Å². The molecule has 76 valence electrons. The Labute approximate surface area is 82.0 Å². The minimum atomic E-state index is 0.732. The van der Waals surface area contributed by atoms with Crippen molar-refractivity contribution in [3.63, 3.8) is 0 Å². The maximum Gasteiger partial charge on any atom is 0.0224 e. The highest BCUT2D eigenvalue weighted by atomic mass is 15.2. The number of nitrogens with one attached hydrogen (secondary N) is 1. The largest absolute Gasteiger partial charge is 0.315 e. The van der Waals surface area contributed by atoms with Gasteiger partial charge in [0.25, 0.3) is 0 Å². The molecule has 1 atom stereocenters. The first-order valence-corrected chi connectivity index (χ1v) is 5.33. The summed E-state index contributed by atoms with van der Waals surface area (Å²) in [7, 11) is 0. The predicted octanol–water partition coefficient (Wildman–Crippen LogP) is 1.64. The molecule has 1 heterocycles. The Morgan fingerprint density at radius 3 is 2.85 bits per heavy atom. The van der Waals surface area contributed by atoms with E-state index in [-0.39, 0.29) is 0 Å². The van der Waals surface area contributed by atoms with Crippen LogP contribution < -0.4 is 5.32 Å². The second-order valence-electron chi connectivity index (χ2n) is 4.02. The second kappa shape index (κ2) is 5.40. The van der Waals surface area contributed by atoms with Crippen molar-refractivity contribution in [3.8, 4) is 0 Å². The molecule has 1 N–H and O–H groups in total. The van der Waals surface area contributed by atoms with Crippen LogP contribution in [0.3, 0.4) is 0 Å². The van der Waals surface area contributed by atoms with E-state index in [0.717, 1.165) is 25.7 Å². The summed E-state index contributed by atoms with van der Waals surface area (Å²) in [5.74, 6) is 0. The Bertz CT molecular complexity index is 159. The van der Waals surface area contributed by atoms with Crippen molar-refractivity contribution in [1.82, 2.24) is 10.2 Å². The van der Waals surface area contributed by atoms with Crippen LogP contribution in [0.5, 0.6) is 0 Å². The van der Waals surface area contributed by atoms with Gasteiger partial charge in [0.15, 0.2) is 0 Å². The van der Waals surface area contributed by atoms with Gasteiger partial charge in [-0.1, -0.05) is 19.1 Å². The molecular weight excluding hydrogens is 160 g/mol. The molecule has 0 aromatic rings. The molecule has 1 unspecified atom stereocenters. The first-order chi connectivity index (χ1) is 6.24. The molecule has 0 saturated carbocycles. The quantitative estimate of drug-likeness (QED) is 0.665. The minimum Gasteiger partial charge on any atom is -0.315 e. The first kappa shape index (κ1) is 10.7. The molecule has 0 aromatic heterocycles. The molecule has 0 spiro atoms. The van der Waals surface area contributed by atoms with Gasteiger partial charge in [0.1, 0.15) is 0 Å². The fourth-order valence-electron chi connectivity index (χ4n) is 1.99. The number of rotatable bonds is 4. The van der Waals surface area contributed by atoms with Crippen LogP contribution in [0, 0.1) is 0 Å². The SMILES string of the molecule is C=C(C)CN(CC)C1CCCNC1. The van der Waals surface area contributed by atoms with Crippen molar-refractivity contribution in [2.24, 2.45) is 0 Å². The van der Waals surface area contributed by atoms with Crippen LogP contribution in [0.2, 0.25) is 0 Å². The molecule has 0 amide bonds. The molecule has 1 aliphatic heterocycles. The lowest BCUT2D eigenvalue weighted by Crippen LogP contribution is -2.46. The summed E-state index contributed by atoms with van der Waals surface area (Å²) in [6.07, 6.45) is 2.66. The standard InChI is InChI=1S/C11H22N2/c1-4-13(9-10(2)3)11-6-5-7-12-8-11/h11-12H,2,4-9H2,1,3H3. The Morgan fingerprint density at radius 2 is 2.38 bits per heavy atom. The highest BCUT2D eigenvalue weighted by Gasteiger charge is 2.18. The van der Waals surface area contributed by atoms with E-state index < -0.39 is 0 Å². The van der Waals surface area contributed by atoms with Crippen LogP contribution in [0.4, 0.5) is 0 Å². The van der Waals surface area contributed by atoms with E-state index in [9.17, 15) is 0 Å². The molecule has 1 aliphatic rings. The smallest absolute Gasteiger partial charge is 0.0224 e. The summed E-state index contributed by atoms with van der Waals surface area (Å²) in [5.41, 5.74) is 1.27. The summed E-state index contributed by atoms with van der Waals surface area (Å²) in [6, 6.07) is 0.732. The number of hydrogen-bond acceptors (Lipinski definition) is 2. The van der Waals surface area contributed by atoms with Crippen LogP contribution in [-0.2, 0) is 0 Å². The summed E-state index contributed by atoms with van der Waals surface area (Å²) >= 11 is 0. The molecule has 1 rings (SSSR count). The summed E-state index contributed by atoms with van der Waals surface area (Å²) in [4.78, 5) is 2.52. The zero-order valence-electron chi connectivity index (χ0n) is 8.97. The van der Waals surface area contributed by atoms with Crippen molar-refractivity contribution < 1.29 is 0 Å². The van der Waals surface area contributed by atoms with Gasteiger partial charge in [-0.2, -0.15) is 0 Å². The van der Waals surface area contributed by atoms with Gasteiger partial charge in [-0.25, -0.2) is 0 Å². The minimum absolute atomic E-state index is 0.732. The normalized spacial score (nSPS) is 23.5. The lowest BCUT2D eigenvalue weighted by atomic mass is 10.1. The van der Waals surface area contributed by atoms with Gasteiger partial charge in [0.2, 0.25) is 0 Å². The Morgan fingerprint density at radius 1 is 1.62 bits per heavy atom. The lowest BCUT2D eigenvalue weighted by Gasteiger charge is -2.33. The molecular formula is C11H22N2. The van der Waals surface area contributed by atoms with Crippen LogP contribution in [0.1, 0.15) is 26.7 Å². The van der Waals surface area contributed by atoms with Crippen LogP contribution in [0.15, 0.2) is 12.2 Å². The van der Waals surface area contributed by atoms with Crippen molar-refractivity contribution >= 4 is 0 Å². The molecule has 0 radical (unpaired) electrons. The summed E-state index contributed by atoms with van der Waals surface area (Å²) in [5, 5.41) is 3.45. The molecule has 0 aliphatic carbocycles. The van der Waals surface area contributed by atoms with Crippen molar-refractivity contribution in [3.05, 3.63) is 12.2 Å². The summed E-state index contributed by atoms with van der Waals surface area (Å²) in [6.45, 7) is 12.9. The number of likely N-dealkylation sites (N-methyl/N-ethyl adjacent to an activating group) is 1. The van der Waals surface area contributed by atoms with E-state index in [4.69, 9.17) is 0 Å². The van der Waals surface area contributed by atoms with Gasteiger partial charge in [0, 0.05) is 19.1 Å². The lowest BCUT2D eigenvalue weighted by molar-refractivity contribution is 0.188. The van der Waals surface area contributed by atoms with E-state index in [2.05, 4.69) is 30.6 Å². The zero-order valence-corrected chi connectivity index (χ0v) is 8.97. The average molecular weight is 182 g/mol. The molecule has 0 bridgehead atoms. The predicted molar refractivity (Wildman–Crippen MR) is 58.0 cm³/mol. The topological polar surface area (TPSA) is 15.3 Å². The Balaban J connectivity index is 2.39. The van der Waals surface area contributed by atoms with Gasteiger partial charge < -0.3 is 5.32 Å². The highest BCUT2D eigenvalue weighted by molar-refractivity contribution is 4.94. The number of nitrogens with zero attached hydrogens (tertiary/aromatic N) is 1. The highest BCUT2D eigenvalue weighted by Crippen LogP contribution is 2.11. The third kappa shape index (κ3) is 3.49. The van der Waals surface area contributed by atoms with Gasteiger partial charge in [-0.15, -0.1) is 0 Å². The molecule has 1 saturated heterocycles. The number of hydrogen-bond donors (Lipinski definition) is 1. The average Bonchev–Trinajstić information content (AvgIpc) is 2.15. The Hall–Kier alpha value is -0.340. The van der Waals surface area contributed by atoms with Gasteiger partial charge in [0.05, 0.1) is 0 Å². The molecule has 1 fully saturated rings. The molecule has 2 heteroatoms. The molecule has 0 aromatic carbocycles. The molecule has 13 heavy (non-hydrogen) atoms. The first-order valence-electron chi connectivity index (χ1n) is 5.33. The zero-order chi connectivity index (χ0) is 9.68. The fourth-order valence-corrected chi connectivity index (χ4v) is 1.99. The Kier molecular flexibility index (Phi) is 4.46. The van der Waals surface area contributed by atoms with E-state index in [1.54, 1.807) is 0 Å². The van der Waals surface area contributed by atoms with Gasteiger partial charge >= 0.3 is 0 Å². The van der Waals surface area contributed by atoms with Crippen LogP contribution in [-0.4, -0.2) is 37.1 Å². The van der Waals surface area contributed by atoms with E-state index in [1.165, 1.54) is 25.0 Å². The van der Waals surface area contributed by atoms with E-state index in [0.29, 0.717) is 0 Å². The van der Waals surface area contributed by atoms with Gasteiger partial charge in [-0.3, -0.25) is 4.90 Å². The van der Waals surface area contributed by atoms with Gasteiger partial charge in [-0.05, 0) is 32.9 Å². The fraction of sp³-hybridized carbons (Fsp3) is 0.818. The van der Waals surface area contributed by atoms with Crippen molar-refractivity contribution in [2.45, 2.75) is 32.7 Å². The van der Waals surface area contributed by atoms with Crippen molar-refractivity contribution in [2.75, 3.05) is 26.2 Å². The summed E-state index contributed by atoms with van der Waals surface area (Å²) < 4.78 is 0. The second-order valence-corrected chi connectivity index (χ2v) is 4.02. The third-order valence-electron chi connectivity index (χ3n) is 2.67.